The number of aliphatic hydroxyl groups is 1. The van der Waals surface area contributed by atoms with E-state index in [1.165, 1.54) is 12.1 Å². The Labute approximate surface area is 151 Å². The minimum Gasteiger partial charge on any atom is -0.490 e. The van der Waals surface area contributed by atoms with Crippen molar-refractivity contribution in [1.82, 2.24) is 4.98 Å². The third-order valence-corrected chi connectivity index (χ3v) is 4.81. The SMILES string of the molecule is OCc1cc2ccccc2nc1N1CCC(Oc2ccc(F)cc2)CC1. The van der Waals surface area contributed by atoms with Gasteiger partial charge in [-0.1, -0.05) is 18.2 Å². The highest BCUT2D eigenvalue weighted by atomic mass is 19.1. The van der Waals surface area contributed by atoms with Gasteiger partial charge in [-0.25, -0.2) is 9.37 Å². The Morgan fingerprint density at radius 2 is 1.81 bits per heavy atom. The van der Waals surface area contributed by atoms with Crippen LogP contribution in [0.4, 0.5) is 10.2 Å². The molecule has 0 aliphatic carbocycles. The predicted octanol–water partition coefficient (Wildman–Crippen LogP) is 3.91. The molecule has 0 bridgehead atoms. The number of fused-ring (bicyclic) bond motifs is 1. The molecule has 2 aromatic carbocycles. The monoisotopic (exact) mass is 352 g/mol. The number of aromatic nitrogens is 1. The second-order valence-electron chi connectivity index (χ2n) is 6.58. The van der Waals surface area contributed by atoms with Gasteiger partial charge in [-0.15, -0.1) is 0 Å². The summed E-state index contributed by atoms with van der Waals surface area (Å²) in [5.41, 5.74) is 1.78. The van der Waals surface area contributed by atoms with E-state index in [0.717, 1.165) is 48.2 Å². The smallest absolute Gasteiger partial charge is 0.134 e. The number of anilines is 1. The summed E-state index contributed by atoms with van der Waals surface area (Å²) in [6.07, 6.45) is 1.82. The van der Waals surface area contributed by atoms with Crippen LogP contribution < -0.4 is 9.64 Å². The number of hydrogen-bond acceptors (Lipinski definition) is 4. The van der Waals surface area contributed by atoms with Crippen molar-refractivity contribution in [3.8, 4) is 5.75 Å². The van der Waals surface area contributed by atoms with Crippen LogP contribution in [0, 0.1) is 5.82 Å². The molecule has 1 N–H and O–H groups in total. The number of piperidine rings is 1. The summed E-state index contributed by atoms with van der Waals surface area (Å²) in [5.74, 6) is 1.29. The zero-order valence-electron chi connectivity index (χ0n) is 14.4. The maximum Gasteiger partial charge on any atom is 0.134 e. The fourth-order valence-corrected chi connectivity index (χ4v) is 3.43. The summed E-state index contributed by atoms with van der Waals surface area (Å²) in [5, 5.41) is 10.8. The van der Waals surface area contributed by atoms with Crippen LogP contribution in [0.5, 0.6) is 5.75 Å². The molecular formula is C21H21FN2O2. The summed E-state index contributed by atoms with van der Waals surface area (Å²) in [6.45, 7) is 1.59. The third kappa shape index (κ3) is 3.48. The van der Waals surface area contributed by atoms with Gasteiger partial charge in [0.05, 0.1) is 12.1 Å². The molecule has 3 aromatic rings. The van der Waals surface area contributed by atoms with Crippen molar-refractivity contribution in [1.29, 1.82) is 0 Å². The van der Waals surface area contributed by atoms with E-state index < -0.39 is 0 Å². The van der Waals surface area contributed by atoms with E-state index in [0.29, 0.717) is 5.75 Å². The lowest BCUT2D eigenvalue weighted by molar-refractivity contribution is 0.170. The van der Waals surface area contributed by atoms with Gasteiger partial charge >= 0.3 is 0 Å². The molecule has 1 saturated heterocycles. The fraction of sp³-hybridized carbons (Fsp3) is 0.286. The second-order valence-corrected chi connectivity index (χ2v) is 6.58. The van der Waals surface area contributed by atoms with Crippen LogP contribution in [0.15, 0.2) is 54.6 Å². The lowest BCUT2D eigenvalue weighted by Crippen LogP contribution is -2.39. The topological polar surface area (TPSA) is 45.6 Å². The minimum atomic E-state index is -0.258. The van der Waals surface area contributed by atoms with Gasteiger partial charge in [0.25, 0.3) is 0 Å². The van der Waals surface area contributed by atoms with Crippen molar-refractivity contribution in [3.63, 3.8) is 0 Å². The number of nitrogens with zero attached hydrogens (tertiary/aromatic N) is 2. The zero-order chi connectivity index (χ0) is 17.9. The summed E-state index contributed by atoms with van der Waals surface area (Å²) in [7, 11) is 0. The molecule has 0 radical (unpaired) electrons. The average molecular weight is 352 g/mol. The molecule has 1 aliphatic heterocycles. The lowest BCUT2D eigenvalue weighted by Gasteiger charge is -2.34. The van der Waals surface area contributed by atoms with Crippen molar-refractivity contribution >= 4 is 16.7 Å². The molecule has 4 nitrogen and oxygen atoms in total. The lowest BCUT2D eigenvalue weighted by atomic mass is 10.1. The van der Waals surface area contributed by atoms with Gasteiger partial charge in [-0.2, -0.15) is 0 Å². The Morgan fingerprint density at radius 1 is 1.08 bits per heavy atom. The van der Waals surface area contributed by atoms with Crippen molar-refractivity contribution in [3.05, 3.63) is 66.0 Å². The van der Waals surface area contributed by atoms with Gasteiger partial charge in [0, 0.05) is 36.9 Å². The maximum absolute atomic E-state index is 13.0. The first-order valence-corrected chi connectivity index (χ1v) is 8.89. The highest BCUT2D eigenvalue weighted by Crippen LogP contribution is 2.27. The molecule has 2 heterocycles. The normalized spacial score (nSPS) is 15.4. The number of hydrogen-bond donors (Lipinski definition) is 1. The Hall–Kier alpha value is -2.66. The average Bonchev–Trinajstić information content (AvgIpc) is 2.69. The van der Waals surface area contributed by atoms with E-state index >= 15 is 0 Å². The second kappa shape index (κ2) is 7.30. The first-order valence-electron chi connectivity index (χ1n) is 8.89. The Morgan fingerprint density at radius 3 is 2.54 bits per heavy atom. The van der Waals surface area contributed by atoms with E-state index in [2.05, 4.69) is 4.90 Å². The Bertz CT molecular complexity index is 890. The van der Waals surface area contributed by atoms with E-state index in [4.69, 9.17) is 9.72 Å². The number of halogens is 1. The first kappa shape index (κ1) is 16.8. The van der Waals surface area contributed by atoms with E-state index in [9.17, 15) is 9.50 Å². The molecule has 0 amide bonds. The highest BCUT2D eigenvalue weighted by Gasteiger charge is 2.23. The summed E-state index contributed by atoms with van der Waals surface area (Å²) >= 11 is 0. The number of ether oxygens (including phenoxy) is 1. The van der Waals surface area contributed by atoms with Gasteiger partial charge in [0.1, 0.15) is 23.5 Å². The first-order chi connectivity index (χ1) is 12.7. The van der Waals surface area contributed by atoms with Crippen molar-refractivity contribution < 1.29 is 14.2 Å². The van der Waals surface area contributed by atoms with Crippen LogP contribution >= 0.6 is 0 Å². The van der Waals surface area contributed by atoms with Crippen molar-refractivity contribution in [2.75, 3.05) is 18.0 Å². The third-order valence-electron chi connectivity index (χ3n) is 4.81. The van der Waals surface area contributed by atoms with Gasteiger partial charge in [0.15, 0.2) is 0 Å². The van der Waals surface area contributed by atoms with Crippen LogP contribution in [0.1, 0.15) is 18.4 Å². The van der Waals surface area contributed by atoms with Crippen LogP contribution in [-0.2, 0) is 6.61 Å². The van der Waals surface area contributed by atoms with E-state index in [1.54, 1.807) is 12.1 Å². The van der Waals surface area contributed by atoms with E-state index in [-0.39, 0.29) is 18.5 Å². The maximum atomic E-state index is 13.0. The predicted molar refractivity (Wildman–Crippen MR) is 99.9 cm³/mol. The van der Waals surface area contributed by atoms with Gasteiger partial charge in [0.2, 0.25) is 0 Å². The van der Waals surface area contributed by atoms with Crippen molar-refractivity contribution in [2.24, 2.45) is 0 Å². The molecule has 0 unspecified atom stereocenters. The molecule has 0 saturated carbocycles. The molecular weight excluding hydrogens is 331 g/mol. The number of benzene rings is 2. The van der Waals surface area contributed by atoms with Gasteiger partial charge in [-0.05, 0) is 36.4 Å². The molecule has 26 heavy (non-hydrogen) atoms. The van der Waals surface area contributed by atoms with E-state index in [1.807, 2.05) is 30.3 Å². The Kier molecular flexibility index (Phi) is 4.71. The largest absolute Gasteiger partial charge is 0.490 e. The van der Waals surface area contributed by atoms with Crippen molar-refractivity contribution in [2.45, 2.75) is 25.6 Å². The molecule has 5 heteroatoms. The summed E-state index contributed by atoms with van der Waals surface area (Å²) < 4.78 is 19.0. The quantitative estimate of drug-likeness (QED) is 0.773. The van der Waals surface area contributed by atoms with Crippen LogP contribution in [-0.4, -0.2) is 29.3 Å². The standard InChI is InChI=1S/C21H21FN2O2/c22-17-5-7-18(8-6-17)26-19-9-11-24(12-10-19)21-16(14-25)13-15-3-1-2-4-20(15)23-21/h1-8,13,19,25H,9-12,14H2. The molecule has 4 rings (SSSR count). The molecule has 0 atom stereocenters. The molecule has 0 spiro atoms. The number of para-hydroxylation sites is 1. The summed E-state index contributed by atoms with van der Waals surface area (Å²) in [4.78, 5) is 6.98. The van der Waals surface area contributed by atoms with Crippen LogP contribution in [0.25, 0.3) is 10.9 Å². The van der Waals surface area contributed by atoms with Gasteiger partial charge < -0.3 is 14.7 Å². The number of rotatable bonds is 4. The molecule has 1 aliphatic rings. The fourth-order valence-electron chi connectivity index (χ4n) is 3.43. The van der Waals surface area contributed by atoms with Gasteiger partial charge in [-0.3, -0.25) is 0 Å². The molecule has 1 aromatic heterocycles. The highest BCUT2D eigenvalue weighted by molar-refractivity contribution is 5.81. The Balaban J connectivity index is 1.47. The van der Waals surface area contributed by atoms with Crippen LogP contribution in [0.3, 0.4) is 0 Å². The summed E-state index contributed by atoms with van der Waals surface area (Å²) in [6, 6.07) is 16.1. The number of aliphatic hydroxyl groups excluding tert-OH is 1. The molecule has 1 fully saturated rings. The number of pyridine rings is 1. The van der Waals surface area contributed by atoms with Crippen LogP contribution in [0.2, 0.25) is 0 Å². The minimum absolute atomic E-state index is 0.0286. The zero-order valence-corrected chi connectivity index (χ0v) is 14.4. The molecule has 134 valence electrons.